The lowest BCUT2D eigenvalue weighted by atomic mass is 10.1. The number of fused-ring (bicyclic) bond motifs is 1. The minimum absolute atomic E-state index is 0. The molecule has 10 heteroatoms. The first-order valence-corrected chi connectivity index (χ1v) is 11.9. The standard InChI is InChI=1S/C26H35N3O5.2ClH/c1-31-23-21(26(30)29-15-5-14-28-13-4-6-19(28)17-29)16-22(24(32-2)25(23)33-3)34-20-9-7-18(8-10-20)11-12-27;;/h7-10,16,19H,4-6,11-15,17,27H2,1-3H3;2*1H/t19-;;/m0../s1. The first-order valence-electron chi connectivity index (χ1n) is 11.9. The van der Waals surface area contributed by atoms with E-state index in [1.807, 2.05) is 29.2 Å². The van der Waals surface area contributed by atoms with Crippen LogP contribution < -0.4 is 24.7 Å². The molecule has 36 heavy (non-hydrogen) atoms. The number of ether oxygens (including phenoxy) is 4. The van der Waals surface area contributed by atoms with Gasteiger partial charge in [-0.25, -0.2) is 0 Å². The van der Waals surface area contributed by atoms with Crippen molar-refractivity contribution in [1.29, 1.82) is 0 Å². The third-order valence-electron chi connectivity index (χ3n) is 6.67. The zero-order chi connectivity index (χ0) is 24.1. The molecular weight excluding hydrogens is 505 g/mol. The summed E-state index contributed by atoms with van der Waals surface area (Å²) < 4.78 is 23.1. The van der Waals surface area contributed by atoms with Crippen molar-refractivity contribution < 1.29 is 23.7 Å². The molecule has 4 rings (SSSR count). The fourth-order valence-corrected chi connectivity index (χ4v) is 4.99. The Hall–Kier alpha value is -2.39. The van der Waals surface area contributed by atoms with Gasteiger partial charge in [0.15, 0.2) is 11.5 Å². The van der Waals surface area contributed by atoms with Gasteiger partial charge in [0.1, 0.15) is 5.75 Å². The molecule has 2 N–H and O–H groups in total. The van der Waals surface area contributed by atoms with Gasteiger partial charge < -0.3 is 29.6 Å². The van der Waals surface area contributed by atoms with Gasteiger partial charge in [0.2, 0.25) is 11.5 Å². The highest BCUT2D eigenvalue weighted by Crippen LogP contribution is 2.48. The predicted octanol–water partition coefficient (Wildman–Crippen LogP) is 4.16. The number of nitrogens with two attached hydrogens (primary N) is 1. The maximum absolute atomic E-state index is 13.8. The molecular formula is C26H37Cl2N3O5. The second-order valence-corrected chi connectivity index (χ2v) is 8.74. The summed E-state index contributed by atoms with van der Waals surface area (Å²) in [7, 11) is 4.60. The first-order chi connectivity index (χ1) is 16.6. The van der Waals surface area contributed by atoms with Crippen molar-refractivity contribution in [2.45, 2.75) is 31.7 Å². The van der Waals surface area contributed by atoms with Crippen molar-refractivity contribution >= 4 is 30.7 Å². The van der Waals surface area contributed by atoms with Crippen molar-refractivity contribution in [3.63, 3.8) is 0 Å². The molecule has 2 aromatic rings. The summed E-state index contributed by atoms with van der Waals surface area (Å²) in [6.45, 7) is 4.17. The molecule has 0 spiro atoms. The molecule has 2 aliphatic rings. The summed E-state index contributed by atoms with van der Waals surface area (Å²) in [4.78, 5) is 18.2. The Morgan fingerprint density at radius 2 is 1.61 bits per heavy atom. The Balaban J connectivity index is 0.00000228. The highest BCUT2D eigenvalue weighted by molar-refractivity contribution is 5.99. The fraction of sp³-hybridized carbons (Fsp3) is 0.500. The fourth-order valence-electron chi connectivity index (χ4n) is 4.99. The average molecular weight is 543 g/mol. The van der Waals surface area contributed by atoms with Crippen molar-refractivity contribution in [2.75, 3.05) is 54.1 Å². The van der Waals surface area contributed by atoms with Crippen LogP contribution in [-0.4, -0.2) is 75.8 Å². The number of hydrogen-bond acceptors (Lipinski definition) is 7. The van der Waals surface area contributed by atoms with Crippen LogP contribution in [-0.2, 0) is 6.42 Å². The van der Waals surface area contributed by atoms with Gasteiger partial charge in [-0.1, -0.05) is 12.1 Å². The Kier molecular flexibility index (Phi) is 11.4. The van der Waals surface area contributed by atoms with E-state index in [1.54, 1.807) is 13.2 Å². The molecule has 1 atom stereocenters. The van der Waals surface area contributed by atoms with E-state index in [0.29, 0.717) is 53.4 Å². The molecule has 0 radical (unpaired) electrons. The van der Waals surface area contributed by atoms with Gasteiger partial charge >= 0.3 is 0 Å². The second-order valence-electron chi connectivity index (χ2n) is 8.74. The van der Waals surface area contributed by atoms with Crippen molar-refractivity contribution in [3.05, 3.63) is 41.5 Å². The Morgan fingerprint density at radius 3 is 2.25 bits per heavy atom. The number of carbonyl (C=O) groups is 1. The summed E-state index contributed by atoms with van der Waals surface area (Å²) in [5, 5.41) is 0. The number of nitrogens with zero attached hydrogens (tertiary/aromatic N) is 2. The summed E-state index contributed by atoms with van der Waals surface area (Å²) >= 11 is 0. The second kappa shape index (κ2) is 13.8. The molecule has 1 amide bonds. The van der Waals surface area contributed by atoms with Gasteiger partial charge in [0, 0.05) is 31.7 Å². The topological polar surface area (TPSA) is 86.5 Å². The maximum Gasteiger partial charge on any atom is 0.257 e. The van der Waals surface area contributed by atoms with E-state index in [-0.39, 0.29) is 30.7 Å². The Bertz CT molecular complexity index is 1010. The average Bonchev–Trinajstić information content (AvgIpc) is 3.20. The molecule has 0 unspecified atom stereocenters. The number of methoxy groups -OCH3 is 3. The quantitative estimate of drug-likeness (QED) is 0.536. The smallest absolute Gasteiger partial charge is 0.257 e. The first kappa shape index (κ1) is 29.8. The van der Waals surface area contributed by atoms with E-state index >= 15 is 0 Å². The van der Waals surface area contributed by atoms with Crippen molar-refractivity contribution in [1.82, 2.24) is 9.80 Å². The number of halogens is 2. The number of hydrogen-bond donors (Lipinski definition) is 1. The minimum atomic E-state index is -0.0882. The minimum Gasteiger partial charge on any atom is -0.492 e. The lowest BCUT2D eigenvalue weighted by Crippen LogP contribution is -2.39. The zero-order valence-electron chi connectivity index (χ0n) is 21.2. The van der Waals surface area contributed by atoms with Crippen LogP contribution in [0.2, 0.25) is 0 Å². The Morgan fingerprint density at radius 1 is 0.944 bits per heavy atom. The van der Waals surface area contributed by atoms with Crippen LogP contribution in [0.4, 0.5) is 0 Å². The highest BCUT2D eigenvalue weighted by Gasteiger charge is 2.33. The van der Waals surface area contributed by atoms with E-state index in [9.17, 15) is 4.79 Å². The molecule has 2 aliphatic heterocycles. The number of carbonyl (C=O) groups excluding carboxylic acids is 1. The van der Waals surface area contributed by atoms with E-state index in [4.69, 9.17) is 24.7 Å². The van der Waals surface area contributed by atoms with Crippen LogP contribution in [0.15, 0.2) is 30.3 Å². The number of benzene rings is 2. The SMILES string of the molecule is COc1c(Oc2ccc(CCN)cc2)cc(C(=O)N2CCCN3CCC[C@H]3C2)c(OC)c1OC.Cl.Cl. The van der Waals surface area contributed by atoms with Gasteiger partial charge in [-0.3, -0.25) is 9.69 Å². The van der Waals surface area contributed by atoms with Crippen LogP contribution in [0.25, 0.3) is 0 Å². The van der Waals surface area contributed by atoms with Crippen molar-refractivity contribution in [3.8, 4) is 28.7 Å². The molecule has 2 aromatic carbocycles. The molecule has 0 aromatic heterocycles. The van der Waals surface area contributed by atoms with Gasteiger partial charge in [-0.2, -0.15) is 0 Å². The molecule has 0 aliphatic carbocycles. The third-order valence-corrected chi connectivity index (χ3v) is 6.67. The zero-order valence-corrected chi connectivity index (χ0v) is 22.8. The molecule has 2 fully saturated rings. The summed E-state index contributed by atoms with van der Waals surface area (Å²) in [6, 6.07) is 9.84. The molecule has 2 heterocycles. The maximum atomic E-state index is 13.8. The summed E-state index contributed by atoms with van der Waals surface area (Å²) in [5.74, 6) is 1.99. The van der Waals surface area contributed by atoms with Crippen LogP contribution in [0.5, 0.6) is 28.7 Å². The molecule has 0 saturated carbocycles. The predicted molar refractivity (Wildman–Crippen MR) is 145 cm³/mol. The molecule has 0 bridgehead atoms. The highest BCUT2D eigenvalue weighted by atomic mass is 35.5. The molecule has 2 saturated heterocycles. The number of rotatable bonds is 8. The van der Waals surface area contributed by atoms with Crippen LogP contribution in [0.3, 0.4) is 0 Å². The lowest BCUT2D eigenvalue weighted by molar-refractivity contribution is 0.0739. The lowest BCUT2D eigenvalue weighted by Gasteiger charge is -2.27. The van der Waals surface area contributed by atoms with E-state index in [2.05, 4.69) is 4.90 Å². The number of amides is 1. The third kappa shape index (κ3) is 6.29. The normalized spacial score (nSPS) is 17.2. The Labute approximate surface area is 225 Å². The van der Waals surface area contributed by atoms with Gasteiger partial charge in [0.25, 0.3) is 5.91 Å². The van der Waals surface area contributed by atoms with Crippen LogP contribution in [0.1, 0.15) is 35.2 Å². The van der Waals surface area contributed by atoms with Gasteiger partial charge in [-0.15, -0.1) is 24.8 Å². The van der Waals surface area contributed by atoms with Gasteiger partial charge in [0.05, 0.1) is 26.9 Å². The van der Waals surface area contributed by atoms with E-state index in [0.717, 1.165) is 44.5 Å². The summed E-state index contributed by atoms with van der Waals surface area (Å²) in [6.07, 6.45) is 4.07. The van der Waals surface area contributed by atoms with E-state index in [1.165, 1.54) is 20.6 Å². The summed E-state index contributed by atoms with van der Waals surface area (Å²) in [5.41, 5.74) is 7.19. The van der Waals surface area contributed by atoms with Crippen LogP contribution in [0, 0.1) is 0 Å². The van der Waals surface area contributed by atoms with Crippen LogP contribution >= 0.6 is 24.8 Å². The van der Waals surface area contributed by atoms with Crippen molar-refractivity contribution in [2.24, 2.45) is 5.73 Å². The largest absolute Gasteiger partial charge is 0.492 e. The monoisotopic (exact) mass is 541 g/mol. The van der Waals surface area contributed by atoms with Gasteiger partial charge in [-0.05, 0) is 56.5 Å². The molecule has 200 valence electrons. The van der Waals surface area contributed by atoms with E-state index < -0.39 is 0 Å². The molecule has 8 nitrogen and oxygen atoms in total.